The van der Waals surface area contributed by atoms with Crippen molar-refractivity contribution in [3.05, 3.63) is 21.4 Å². The molecular formula is C19H29NO2S. The van der Waals surface area contributed by atoms with Crippen molar-refractivity contribution in [1.29, 1.82) is 0 Å². The van der Waals surface area contributed by atoms with E-state index in [0.29, 0.717) is 18.5 Å². The lowest BCUT2D eigenvalue weighted by molar-refractivity contribution is -0.0586. The molecular weight excluding hydrogens is 306 g/mol. The van der Waals surface area contributed by atoms with Crippen LogP contribution in [0, 0.1) is 11.3 Å². The van der Waals surface area contributed by atoms with Crippen molar-refractivity contribution >= 4 is 17.2 Å². The third-order valence-electron chi connectivity index (χ3n) is 5.32. The van der Waals surface area contributed by atoms with Gasteiger partial charge in [-0.1, -0.05) is 20.8 Å². The van der Waals surface area contributed by atoms with Crippen molar-refractivity contribution in [2.45, 2.75) is 66.1 Å². The van der Waals surface area contributed by atoms with Crippen LogP contribution < -0.4 is 0 Å². The Morgan fingerprint density at radius 1 is 1.26 bits per heavy atom. The number of morpholine rings is 1. The minimum absolute atomic E-state index is 0.127. The van der Waals surface area contributed by atoms with Crippen molar-refractivity contribution in [2.24, 2.45) is 11.3 Å². The molecule has 1 aromatic rings. The first-order valence-corrected chi connectivity index (χ1v) is 9.67. The van der Waals surface area contributed by atoms with E-state index in [1.54, 1.807) is 11.3 Å². The first-order valence-electron chi connectivity index (χ1n) is 8.79. The van der Waals surface area contributed by atoms with Gasteiger partial charge in [-0.05, 0) is 50.0 Å². The Morgan fingerprint density at radius 3 is 2.52 bits per heavy atom. The Kier molecular flexibility index (Phi) is 4.58. The highest BCUT2D eigenvalue weighted by molar-refractivity contribution is 7.10. The van der Waals surface area contributed by atoms with Crippen LogP contribution in [0.1, 0.15) is 61.8 Å². The first kappa shape index (κ1) is 17.0. The van der Waals surface area contributed by atoms with Crippen LogP contribution in [0.2, 0.25) is 0 Å². The van der Waals surface area contributed by atoms with Gasteiger partial charge in [0.05, 0.1) is 17.8 Å². The molecule has 1 fully saturated rings. The number of amides is 1. The fraction of sp³-hybridized carbons (Fsp3) is 0.737. The van der Waals surface area contributed by atoms with Crippen LogP contribution in [0.4, 0.5) is 0 Å². The summed E-state index contributed by atoms with van der Waals surface area (Å²) < 4.78 is 5.76. The maximum absolute atomic E-state index is 13.0. The number of fused-ring (bicyclic) bond motifs is 1. The first-order chi connectivity index (χ1) is 10.8. The third kappa shape index (κ3) is 3.48. The number of hydrogen-bond acceptors (Lipinski definition) is 3. The number of thiophene rings is 1. The minimum atomic E-state index is 0.127. The van der Waals surface area contributed by atoms with Gasteiger partial charge in [-0.2, -0.15) is 0 Å². The van der Waals surface area contributed by atoms with Gasteiger partial charge in [0.2, 0.25) is 0 Å². The molecule has 3 unspecified atom stereocenters. The van der Waals surface area contributed by atoms with E-state index in [9.17, 15) is 4.79 Å². The summed E-state index contributed by atoms with van der Waals surface area (Å²) in [5, 5.41) is 2.10. The van der Waals surface area contributed by atoms with Crippen molar-refractivity contribution in [2.75, 3.05) is 13.1 Å². The molecule has 23 heavy (non-hydrogen) atoms. The zero-order valence-electron chi connectivity index (χ0n) is 15.0. The molecule has 3 atom stereocenters. The van der Waals surface area contributed by atoms with Gasteiger partial charge in [0.1, 0.15) is 0 Å². The molecule has 3 rings (SSSR count). The standard InChI is InChI=1S/C19H29NO2S/c1-12-9-20(10-13(2)22-12)18(21)16-11-23-17-8-14(19(3,4)5)6-7-15(16)17/h11-14H,6-10H2,1-5H3. The second kappa shape index (κ2) is 6.21. The second-order valence-corrected chi connectivity index (χ2v) is 9.29. The Labute approximate surface area is 144 Å². The Hall–Kier alpha value is -0.870. The van der Waals surface area contributed by atoms with Gasteiger partial charge in [-0.15, -0.1) is 11.3 Å². The number of carbonyl (C=O) groups excluding carboxylic acids is 1. The number of rotatable bonds is 1. The average Bonchev–Trinajstić information content (AvgIpc) is 2.87. The molecule has 1 saturated heterocycles. The molecule has 0 saturated carbocycles. The summed E-state index contributed by atoms with van der Waals surface area (Å²) in [6.07, 6.45) is 3.64. The van der Waals surface area contributed by atoms with Crippen LogP contribution in [0.15, 0.2) is 5.38 Å². The maximum Gasteiger partial charge on any atom is 0.255 e. The van der Waals surface area contributed by atoms with E-state index in [4.69, 9.17) is 4.74 Å². The van der Waals surface area contributed by atoms with E-state index in [1.165, 1.54) is 16.9 Å². The largest absolute Gasteiger partial charge is 0.372 e. The summed E-state index contributed by atoms with van der Waals surface area (Å²) in [6, 6.07) is 0. The SMILES string of the molecule is CC1CN(C(=O)c2csc3c2CCC(C(C)(C)C)C3)CC(C)O1. The van der Waals surface area contributed by atoms with Gasteiger partial charge in [0, 0.05) is 23.3 Å². The highest BCUT2D eigenvalue weighted by Gasteiger charge is 2.34. The minimum Gasteiger partial charge on any atom is -0.372 e. The van der Waals surface area contributed by atoms with Gasteiger partial charge < -0.3 is 9.64 Å². The van der Waals surface area contributed by atoms with E-state index in [-0.39, 0.29) is 18.1 Å². The van der Waals surface area contributed by atoms with E-state index in [0.717, 1.165) is 24.3 Å². The lowest BCUT2D eigenvalue weighted by Crippen LogP contribution is -2.48. The highest BCUT2D eigenvalue weighted by Crippen LogP contribution is 2.40. The predicted molar refractivity (Wildman–Crippen MR) is 95.2 cm³/mol. The molecule has 2 heterocycles. The Balaban J connectivity index is 1.78. The highest BCUT2D eigenvalue weighted by atomic mass is 32.1. The van der Waals surface area contributed by atoms with Crippen LogP contribution >= 0.6 is 11.3 Å². The lowest BCUT2D eigenvalue weighted by Gasteiger charge is -2.36. The quantitative estimate of drug-likeness (QED) is 0.771. The fourth-order valence-electron chi connectivity index (χ4n) is 3.95. The maximum atomic E-state index is 13.0. The molecule has 3 nitrogen and oxygen atoms in total. The van der Waals surface area contributed by atoms with E-state index < -0.39 is 0 Å². The van der Waals surface area contributed by atoms with Crippen LogP contribution in [-0.4, -0.2) is 36.1 Å². The second-order valence-electron chi connectivity index (χ2n) is 8.32. The van der Waals surface area contributed by atoms with E-state index >= 15 is 0 Å². The summed E-state index contributed by atoms with van der Waals surface area (Å²) in [5.74, 6) is 0.929. The smallest absolute Gasteiger partial charge is 0.255 e. The normalized spacial score (nSPS) is 28.6. The lowest BCUT2D eigenvalue weighted by atomic mass is 9.72. The Morgan fingerprint density at radius 2 is 1.91 bits per heavy atom. The number of hydrogen-bond donors (Lipinski definition) is 0. The molecule has 1 aliphatic heterocycles. The summed E-state index contributed by atoms with van der Waals surface area (Å²) in [4.78, 5) is 16.4. The molecule has 4 heteroatoms. The topological polar surface area (TPSA) is 29.5 Å². The van der Waals surface area contributed by atoms with Crippen molar-refractivity contribution in [3.8, 4) is 0 Å². The van der Waals surface area contributed by atoms with Crippen LogP contribution in [0.5, 0.6) is 0 Å². The van der Waals surface area contributed by atoms with Crippen molar-refractivity contribution in [3.63, 3.8) is 0 Å². The number of carbonyl (C=O) groups is 1. The van der Waals surface area contributed by atoms with Crippen LogP contribution in [0.25, 0.3) is 0 Å². The van der Waals surface area contributed by atoms with Crippen molar-refractivity contribution < 1.29 is 9.53 Å². The average molecular weight is 336 g/mol. The van der Waals surface area contributed by atoms with Gasteiger partial charge in [-0.25, -0.2) is 0 Å². The van der Waals surface area contributed by atoms with E-state index in [2.05, 4.69) is 26.2 Å². The third-order valence-corrected chi connectivity index (χ3v) is 6.37. The van der Waals surface area contributed by atoms with Crippen molar-refractivity contribution in [1.82, 2.24) is 4.90 Å². The van der Waals surface area contributed by atoms with Crippen LogP contribution in [0.3, 0.4) is 0 Å². The van der Waals surface area contributed by atoms with Gasteiger partial charge >= 0.3 is 0 Å². The van der Waals surface area contributed by atoms with Gasteiger partial charge in [-0.3, -0.25) is 4.79 Å². The predicted octanol–water partition coefficient (Wildman–Crippen LogP) is 4.15. The molecule has 0 aromatic carbocycles. The molecule has 0 N–H and O–H groups in total. The number of ether oxygens (including phenoxy) is 1. The summed E-state index contributed by atoms with van der Waals surface area (Å²) in [7, 11) is 0. The molecule has 0 radical (unpaired) electrons. The molecule has 0 bridgehead atoms. The van der Waals surface area contributed by atoms with E-state index in [1.807, 2.05) is 18.7 Å². The molecule has 2 aliphatic rings. The Bertz CT molecular complexity index is 577. The monoisotopic (exact) mass is 335 g/mol. The molecule has 1 aromatic heterocycles. The molecule has 1 aliphatic carbocycles. The molecule has 128 valence electrons. The zero-order chi connectivity index (χ0) is 16.8. The zero-order valence-corrected chi connectivity index (χ0v) is 15.8. The van der Waals surface area contributed by atoms with Gasteiger partial charge in [0.15, 0.2) is 0 Å². The summed E-state index contributed by atoms with van der Waals surface area (Å²) in [5.41, 5.74) is 2.63. The summed E-state index contributed by atoms with van der Waals surface area (Å²) in [6.45, 7) is 12.5. The van der Waals surface area contributed by atoms with Gasteiger partial charge in [0.25, 0.3) is 5.91 Å². The molecule has 0 spiro atoms. The number of nitrogens with zero attached hydrogens (tertiary/aromatic N) is 1. The van der Waals surface area contributed by atoms with Crippen LogP contribution in [-0.2, 0) is 17.6 Å². The fourth-order valence-corrected chi connectivity index (χ4v) is 5.10. The summed E-state index contributed by atoms with van der Waals surface area (Å²) >= 11 is 1.79. The molecule has 1 amide bonds.